The third-order valence-corrected chi connectivity index (χ3v) is 4.84. The number of aliphatic carboxylic acids is 1. The SMILES string of the molecule is CCCCCCCCCCCCCCCC(=O)N[C@H](CCCN)C(=O)O. The standard InChI is InChI=1S/C21H42N2O3/c1-2-3-4-5-6-7-8-9-10-11-12-13-14-17-20(24)23-19(21(25)26)16-15-18-22/h19H,2-18,22H2,1H3,(H,23,24)(H,25,26)/t19-/m1/s1. The average molecular weight is 371 g/mol. The molecule has 0 spiro atoms. The lowest BCUT2D eigenvalue weighted by atomic mass is 10.0. The number of rotatable bonds is 19. The molecule has 0 heterocycles. The van der Waals surface area contributed by atoms with Gasteiger partial charge >= 0.3 is 5.97 Å². The van der Waals surface area contributed by atoms with E-state index in [-0.39, 0.29) is 5.91 Å². The lowest BCUT2D eigenvalue weighted by Gasteiger charge is -2.13. The second kappa shape index (κ2) is 18.7. The predicted molar refractivity (Wildman–Crippen MR) is 108 cm³/mol. The minimum atomic E-state index is -0.975. The first kappa shape index (κ1) is 24.9. The van der Waals surface area contributed by atoms with Crippen molar-refractivity contribution < 1.29 is 14.7 Å². The fourth-order valence-electron chi connectivity index (χ4n) is 3.15. The molecule has 26 heavy (non-hydrogen) atoms. The molecule has 0 saturated heterocycles. The molecular formula is C21H42N2O3. The Balaban J connectivity index is 3.43. The van der Waals surface area contributed by atoms with Gasteiger partial charge in [0, 0.05) is 6.42 Å². The molecule has 0 aliphatic heterocycles. The molecular weight excluding hydrogens is 328 g/mol. The average Bonchev–Trinajstić information content (AvgIpc) is 2.62. The maximum absolute atomic E-state index is 11.8. The molecule has 0 radical (unpaired) electrons. The molecule has 0 rings (SSSR count). The zero-order valence-corrected chi connectivity index (χ0v) is 16.9. The summed E-state index contributed by atoms with van der Waals surface area (Å²) in [5.41, 5.74) is 5.39. The molecule has 0 unspecified atom stereocenters. The van der Waals surface area contributed by atoms with E-state index in [1.165, 1.54) is 70.6 Å². The van der Waals surface area contributed by atoms with E-state index in [0.717, 1.165) is 12.8 Å². The largest absolute Gasteiger partial charge is 0.480 e. The second-order valence-corrected chi connectivity index (χ2v) is 7.38. The number of carboxylic acids is 1. The predicted octanol–water partition coefficient (Wildman–Crippen LogP) is 4.78. The van der Waals surface area contributed by atoms with Gasteiger partial charge < -0.3 is 16.2 Å². The summed E-state index contributed by atoms with van der Waals surface area (Å²) in [7, 11) is 0. The Morgan fingerprint density at radius 1 is 0.808 bits per heavy atom. The van der Waals surface area contributed by atoms with Crippen molar-refractivity contribution in [2.24, 2.45) is 5.73 Å². The van der Waals surface area contributed by atoms with Crippen LogP contribution in [0.1, 0.15) is 110 Å². The summed E-state index contributed by atoms with van der Waals surface area (Å²) in [6.45, 7) is 2.70. The first-order valence-corrected chi connectivity index (χ1v) is 10.8. The highest BCUT2D eigenvalue weighted by molar-refractivity contribution is 5.83. The lowest BCUT2D eigenvalue weighted by molar-refractivity contribution is -0.142. The molecule has 0 aliphatic rings. The summed E-state index contributed by atoms with van der Waals surface area (Å²) < 4.78 is 0. The molecule has 0 aromatic rings. The highest BCUT2D eigenvalue weighted by atomic mass is 16.4. The highest BCUT2D eigenvalue weighted by Gasteiger charge is 2.18. The van der Waals surface area contributed by atoms with E-state index in [2.05, 4.69) is 12.2 Å². The summed E-state index contributed by atoms with van der Waals surface area (Å²) in [5, 5.41) is 11.7. The lowest BCUT2D eigenvalue weighted by Crippen LogP contribution is -2.40. The Kier molecular flexibility index (Phi) is 17.9. The van der Waals surface area contributed by atoms with E-state index in [1.807, 2.05) is 0 Å². The van der Waals surface area contributed by atoms with Gasteiger partial charge in [0.25, 0.3) is 0 Å². The van der Waals surface area contributed by atoms with Crippen LogP contribution in [0.5, 0.6) is 0 Å². The van der Waals surface area contributed by atoms with E-state index in [0.29, 0.717) is 25.8 Å². The molecule has 1 atom stereocenters. The summed E-state index contributed by atoms with van der Waals surface area (Å²) in [5.74, 6) is -1.13. The van der Waals surface area contributed by atoms with Crippen molar-refractivity contribution in [3.05, 3.63) is 0 Å². The Bertz CT molecular complexity index is 348. The third-order valence-electron chi connectivity index (χ3n) is 4.84. The van der Waals surface area contributed by atoms with Crippen LogP contribution in [0.2, 0.25) is 0 Å². The number of nitrogens with one attached hydrogen (secondary N) is 1. The van der Waals surface area contributed by atoms with E-state index in [9.17, 15) is 9.59 Å². The number of unbranched alkanes of at least 4 members (excludes halogenated alkanes) is 12. The van der Waals surface area contributed by atoms with Gasteiger partial charge in [-0.3, -0.25) is 4.79 Å². The van der Waals surface area contributed by atoms with Gasteiger partial charge in [-0.2, -0.15) is 0 Å². The minimum Gasteiger partial charge on any atom is -0.480 e. The van der Waals surface area contributed by atoms with Crippen molar-refractivity contribution >= 4 is 11.9 Å². The molecule has 5 nitrogen and oxygen atoms in total. The van der Waals surface area contributed by atoms with Crippen LogP contribution in [0.4, 0.5) is 0 Å². The number of hydrogen-bond donors (Lipinski definition) is 3. The van der Waals surface area contributed by atoms with Crippen LogP contribution >= 0.6 is 0 Å². The summed E-state index contributed by atoms with van der Waals surface area (Å²) in [4.78, 5) is 22.9. The van der Waals surface area contributed by atoms with E-state index >= 15 is 0 Å². The number of hydrogen-bond acceptors (Lipinski definition) is 3. The zero-order valence-electron chi connectivity index (χ0n) is 16.9. The van der Waals surface area contributed by atoms with Gasteiger partial charge in [-0.05, 0) is 25.8 Å². The van der Waals surface area contributed by atoms with Gasteiger partial charge in [0.05, 0.1) is 0 Å². The van der Waals surface area contributed by atoms with Gasteiger partial charge in [0.1, 0.15) is 6.04 Å². The summed E-state index contributed by atoms with van der Waals surface area (Å²) in [6, 6.07) is -0.798. The van der Waals surface area contributed by atoms with Crippen LogP contribution < -0.4 is 11.1 Å². The zero-order chi connectivity index (χ0) is 19.5. The van der Waals surface area contributed by atoms with Crippen LogP contribution in [0.3, 0.4) is 0 Å². The van der Waals surface area contributed by atoms with Crippen LogP contribution in [0.25, 0.3) is 0 Å². The normalized spacial score (nSPS) is 12.1. The smallest absolute Gasteiger partial charge is 0.326 e. The monoisotopic (exact) mass is 370 g/mol. The third kappa shape index (κ3) is 16.4. The Hall–Kier alpha value is -1.10. The molecule has 1 amide bonds. The van der Waals surface area contributed by atoms with Crippen molar-refractivity contribution in [1.82, 2.24) is 5.32 Å². The van der Waals surface area contributed by atoms with Crippen LogP contribution in [-0.2, 0) is 9.59 Å². The van der Waals surface area contributed by atoms with Crippen LogP contribution in [0, 0.1) is 0 Å². The first-order chi connectivity index (χ1) is 12.6. The van der Waals surface area contributed by atoms with Crippen molar-refractivity contribution in [2.75, 3.05) is 6.54 Å². The Morgan fingerprint density at radius 3 is 1.69 bits per heavy atom. The number of carbonyl (C=O) groups excluding carboxylic acids is 1. The van der Waals surface area contributed by atoms with Gasteiger partial charge in [0.15, 0.2) is 0 Å². The van der Waals surface area contributed by atoms with Crippen molar-refractivity contribution in [3.63, 3.8) is 0 Å². The topological polar surface area (TPSA) is 92.4 Å². The molecule has 0 aromatic heterocycles. The number of carboxylic acid groups (broad SMARTS) is 1. The molecule has 4 N–H and O–H groups in total. The van der Waals surface area contributed by atoms with Crippen molar-refractivity contribution in [2.45, 2.75) is 116 Å². The Labute approximate surface area is 160 Å². The molecule has 0 aliphatic carbocycles. The van der Waals surface area contributed by atoms with Crippen molar-refractivity contribution in [1.29, 1.82) is 0 Å². The van der Waals surface area contributed by atoms with Gasteiger partial charge in [-0.1, -0.05) is 84.0 Å². The number of nitrogens with two attached hydrogens (primary N) is 1. The van der Waals surface area contributed by atoms with E-state index in [1.54, 1.807) is 0 Å². The Morgan fingerprint density at radius 2 is 1.27 bits per heavy atom. The van der Waals surface area contributed by atoms with E-state index in [4.69, 9.17) is 10.8 Å². The van der Waals surface area contributed by atoms with Gasteiger partial charge in [-0.25, -0.2) is 4.79 Å². The quantitative estimate of drug-likeness (QED) is 0.285. The summed E-state index contributed by atoms with van der Waals surface area (Å²) >= 11 is 0. The van der Waals surface area contributed by atoms with Gasteiger partial charge in [0.2, 0.25) is 5.91 Å². The molecule has 0 saturated carbocycles. The molecule has 0 bridgehead atoms. The van der Waals surface area contributed by atoms with Crippen LogP contribution in [-0.4, -0.2) is 29.6 Å². The number of amides is 1. The van der Waals surface area contributed by atoms with Gasteiger partial charge in [-0.15, -0.1) is 0 Å². The molecule has 5 heteroatoms. The highest BCUT2D eigenvalue weighted by Crippen LogP contribution is 2.13. The minimum absolute atomic E-state index is 0.155. The molecule has 0 fully saturated rings. The molecule has 0 aromatic carbocycles. The van der Waals surface area contributed by atoms with E-state index < -0.39 is 12.0 Å². The maximum atomic E-state index is 11.8. The van der Waals surface area contributed by atoms with Crippen molar-refractivity contribution in [3.8, 4) is 0 Å². The fraction of sp³-hybridized carbons (Fsp3) is 0.905. The maximum Gasteiger partial charge on any atom is 0.326 e. The van der Waals surface area contributed by atoms with Crippen LogP contribution in [0.15, 0.2) is 0 Å². The second-order valence-electron chi connectivity index (χ2n) is 7.38. The number of carbonyl (C=O) groups is 2. The first-order valence-electron chi connectivity index (χ1n) is 10.8. The molecule has 154 valence electrons. The fourth-order valence-corrected chi connectivity index (χ4v) is 3.15. The summed E-state index contributed by atoms with van der Waals surface area (Å²) in [6.07, 6.45) is 17.9.